The van der Waals surface area contributed by atoms with Gasteiger partial charge in [0.05, 0.1) is 24.7 Å². The Labute approximate surface area is 236 Å². The van der Waals surface area contributed by atoms with Gasteiger partial charge in [0.1, 0.15) is 5.69 Å². The molecule has 4 rings (SSSR count). The van der Waals surface area contributed by atoms with Gasteiger partial charge in [-0.3, -0.25) is 4.57 Å². The molecule has 0 bridgehead atoms. The number of hydrogen-bond donors (Lipinski definition) is 0. The molecule has 40 heavy (non-hydrogen) atoms. The molecule has 1 heterocycles. The van der Waals surface area contributed by atoms with E-state index in [9.17, 15) is 13.0 Å². The summed E-state index contributed by atoms with van der Waals surface area (Å²) < 4.78 is 61.4. The van der Waals surface area contributed by atoms with Crippen LogP contribution in [0.15, 0.2) is 76.1 Å². The monoisotopic (exact) mass is 582 g/mol. The Hall–Kier alpha value is -3.23. The van der Waals surface area contributed by atoms with Crippen LogP contribution in [-0.2, 0) is 30.2 Å². The first kappa shape index (κ1) is 29.7. The molecule has 0 spiro atoms. The van der Waals surface area contributed by atoms with Gasteiger partial charge in [0.25, 0.3) is 15.9 Å². The van der Waals surface area contributed by atoms with Crippen molar-refractivity contribution in [2.45, 2.75) is 53.0 Å². The van der Waals surface area contributed by atoms with Gasteiger partial charge in [0.15, 0.2) is 5.30 Å². The summed E-state index contributed by atoms with van der Waals surface area (Å²) in [6.07, 6.45) is 0. The normalized spacial score (nSPS) is 12.1. The van der Waals surface area contributed by atoms with E-state index >= 15 is 0 Å². The van der Waals surface area contributed by atoms with Gasteiger partial charge < -0.3 is 13.6 Å². The smallest absolute Gasteiger partial charge is 0.336 e. The summed E-state index contributed by atoms with van der Waals surface area (Å²) in [7, 11) is -8.32. The summed E-state index contributed by atoms with van der Waals surface area (Å²) in [6, 6.07) is 19.6. The Morgan fingerprint density at radius 2 is 1.43 bits per heavy atom. The third-order valence-corrected chi connectivity index (χ3v) is 10.3. The van der Waals surface area contributed by atoms with Crippen LogP contribution in [0.2, 0.25) is 0 Å². The third-order valence-electron chi connectivity index (χ3n) is 6.44. The van der Waals surface area contributed by atoms with E-state index in [-0.39, 0.29) is 41.5 Å². The molecule has 0 radical (unpaired) electrons. The van der Waals surface area contributed by atoms with Crippen molar-refractivity contribution in [1.82, 2.24) is 5.16 Å². The molecule has 0 fully saturated rings. The molecule has 0 aliphatic carbocycles. The lowest BCUT2D eigenvalue weighted by molar-refractivity contribution is 0.230. The summed E-state index contributed by atoms with van der Waals surface area (Å²) in [5.74, 6) is -0.205. The zero-order valence-electron chi connectivity index (χ0n) is 23.7. The van der Waals surface area contributed by atoms with Gasteiger partial charge >= 0.3 is 7.60 Å². The maximum atomic E-state index is 14.5. The minimum atomic E-state index is -4.21. The molecule has 0 N–H and O–H groups in total. The highest BCUT2D eigenvalue weighted by molar-refractivity contribution is 7.92. The van der Waals surface area contributed by atoms with Crippen LogP contribution < -0.4 is 9.61 Å². The lowest BCUT2D eigenvalue weighted by Gasteiger charge is -2.25. The van der Waals surface area contributed by atoms with Crippen LogP contribution in [0.25, 0.3) is 11.3 Å². The highest BCUT2D eigenvalue weighted by Crippen LogP contribution is 2.53. The highest BCUT2D eigenvalue weighted by atomic mass is 32.2. The van der Waals surface area contributed by atoms with Crippen LogP contribution in [0.1, 0.15) is 41.7 Å². The number of aryl methyl sites for hydroxylation is 4. The standard InChI is InChI=1S/C30H35N2O6PS/c1-7-36-39(33,37-8-2)29-28(27-23(5)18-22(4)19-24(27)6)31-38-30(29)32(20-25-12-10-9-11-13-25)40(34,35)26-16-14-21(3)15-17-26/h9-19H,7-8,20H2,1-6H3. The fraction of sp³-hybridized carbons (Fsp3) is 0.300. The van der Waals surface area contributed by atoms with Crippen molar-refractivity contribution < 1.29 is 26.6 Å². The minimum absolute atomic E-state index is 0.0159. The van der Waals surface area contributed by atoms with E-state index in [4.69, 9.17) is 13.6 Å². The van der Waals surface area contributed by atoms with Gasteiger partial charge in [-0.25, -0.2) is 12.7 Å². The highest BCUT2D eigenvalue weighted by Gasteiger charge is 2.43. The van der Waals surface area contributed by atoms with Gasteiger partial charge in [-0.2, -0.15) is 0 Å². The number of anilines is 1. The van der Waals surface area contributed by atoms with E-state index < -0.39 is 17.6 Å². The van der Waals surface area contributed by atoms with Crippen molar-refractivity contribution in [2.24, 2.45) is 0 Å². The molecule has 4 aromatic rings. The molecule has 10 heteroatoms. The minimum Gasteiger partial charge on any atom is -0.336 e. The molecule has 0 unspecified atom stereocenters. The lowest BCUT2D eigenvalue weighted by Crippen LogP contribution is -2.34. The molecule has 0 aliphatic heterocycles. The average molecular weight is 583 g/mol. The molecular weight excluding hydrogens is 547 g/mol. The Balaban J connectivity index is 2.06. The summed E-state index contributed by atoms with van der Waals surface area (Å²) in [6.45, 7) is 11.1. The Bertz CT molecular complexity index is 1600. The molecule has 0 saturated carbocycles. The van der Waals surface area contributed by atoms with Crippen molar-refractivity contribution in [2.75, 3.05) is 17.5 Å². The van der Waals surface area contributed by atoms with Crippen molar-refractivity contribution in [3.05, 3.63) is 94.5 Å². The van der Waals surface area contributed by atoms with Gasteiger partial charge in [-0.15, -0.1) is 0 Å². The first-order valence-corrected chi connectivity index (χ1v) is 16.1. The van der Waals surface area contributed by atoms with Gasteiger partial charge in [-0.05, 0) is 70.4 Å². The van der Waals surface area contributed by atoms with E-state index in [1.165, 1.54) is 0 Å². The van der Waals surface area contributed by atoms with Crippen LogP contribution in [0.3, 0.4) is 0 Å². The van der Waals surface area contributed by atoms with E-state index in [0.717, 1.165) is 26.6 Å². The molecule has 8 nitrogen and oxygen atoms in total. The number of aromatic nitrogens is 1. The van der Waals surface area contributed by atoms with Crippen molar-refractivity contribution in [3.63, 3.8) is 0 Å². The average Bonchev–Trinajstić information content (AvgIpc) is 3.32. The molecule has 1 aromatic heterocycles. The second-order valence-corrected chi connectivity index (χ2v) is 13.4. The van der Waals surface area contributed by atoms with Crippen LogP contribution >= 0.6 is 7.60 Å². The first-order valence-electron chi connectivity index (χ1n) is 13.1. The topological polar surface area (TPSA) is 98.9 Å². The quantitative estimate of drug-likeness (QED) is 0.178. The molecule has 212 valence electrons. The van der Waals surface area contributed by atoms with Crippen LogP contribution in [0, 0.1) is 27.7 Å². The van der Waals surface area contributed by atoms with Crippen molar-refractivity contribution >= 4 is 28.8 Å². The first-order chi connectivity index (χ1) is 19.0. The maximum absolute atomic E-state index is 14.5. The number of benzene rings is 3. The van der Waals surface area contributed by atoms with E-state index in [0.29, 0.717) is 11.1 Å². The number of rotatable bonds is 11. The second-order valence-electron chi connectivity index (χ2n) is 9.60. The number of nitrogens with zero attached hydrogens (tertiary/aromatic N) is 2. The van der Waals surface area contributed by atoms with Crippen LogP contribution in [0.4, 0.5) is 5.88 Å². The summed E-state index contributed by atoms with van der Waals surface area (Å²) in [4.78, 5) is 0.0586. The predicted octanol–water partition coefficient (Wildman–Crippen LogP) is 6.86. The largest absolute Gasteiger partial charge is 0.369 e. The lowest BCUT2D eigenvalue weighted by atomic mass is 9.97. The number of hydrogen-bond acceptors (Lipinski definition) is 7. The van der Waals surface area contributed by atoms with Gasteiger partial charge in [0, 0.05) is 5.56 Å². The zero-order chi connectivity index (χ0) is 29.1. The molecule has 0 amide bonds. The SMILES string of the molecule is CCOP(=O)(OCC)c1c(-c2c(C)cc(C)cc2C)noc1N(Cc1ccccc1)S(=O)(=O)c1ccc(C)cc1. The van der Waals surface area contributed by atoms with Crippen LogP contribution in [-0.4, -0.2) is 26.8 Å². The molecular formula is C30H35N2O6PS. The molecule has 0 aliphatic rings. The third kappa shape index (κ3) is 5.93. The molecule has 0 atom stereocenters. The van der Waals surface area contributed by atoms with Crippen molar-refractivity contribution in [3.8, 4) is 11.3 Å². The van der Waals surface area contributed by atoms with E-state index in [2.05, 4.69) is 5.16 Å². The molecule has 3 aromatic carbocycles. The van der Waals surface area contributed by atoms with Crippen molar-refractivity contribution in [1.29, 1.82) is 0 Å². The summed E-state index contributed by atoms with van der Waals surface area (Å²) >= 11 is 0. The zero-order valence-corrected chi connectivity index (χ0v) is 25.4. The second kappa shape index (κ2) is 12.1. The fourth-order valence-corrected chi connectivity index (χ4v) is 8.05. The van der Waals surface area contributed by atoms with Gasteiger partial charge in [0.2, 0.25) is 0 Å². The summed E-state index contributed by atoms with van der Waals surface area (Å²) in [5, 5.41) is 4.32. The Morgan fingerprint density at radius 3 is 1.98 bits per heavy atom. The Morgan fingerprint density at radius 1 is 0.850 bits per heavy atom. The van der Waals surface area contributed by atoms with E-state index in [1.807, 2.05) is 70.2 Å². The number of sulfonamides is 1. The fourth-order valence-electron chi connectivity index (χ4n) is 4.76. The van der Waals surface area contributed by atoms with E-state index in [1.54, 1.807) is 38.1 Å². The Kier molecular flexibility index (Phi) is 9.00. The predicted molar refractivity (Wildman–Crippen MR) is 158 cm³/mol. The van der Waals surface area contributed by atoms with Gasteiger partial charge in [-0.1, -0.05) is 70.9 Å². The molecule has 0 saturated heterocycles. The maximum Gasteiger partial charge on any atom is 0.369 e. The van der Waals surface area contributed by atoms with Crippen LogP contribution in [0.5, 0.6) is 0 Å². The summed E-state index contributed by atoms with van der Waals surface area (Å²) in [5.41, 5.74) is 5.32.